The summed E-state index contributed by atoms with van der Waals surface area (Å²) in [7, 11) is 3.06. The summed E-state index contributed by atoms with van der Waals surface area (Å²) < 4.78 is 11.1. The van der Waals surface area contributed by atoms with Gasteiger partial charge in [-0.1, -0.05) is 42.3 Å². The van der Waals surface area contributed by atoms with Crippen LogP contribution in [0, 0.1) is 17.3 Å². The maximum absolute atomic E-state index is 12.7. The van der Waals surface area contributed by atoms with E-state index in [0.29, 0.717) is 25.7 Å². The highest BCUT2D eigenvalue weighted by Crippen LogP contribution is 2.48. The third kappa shape index (κ3) is 7.03. The van der Waals surface area contributed by atoms with Crippen molar-refractivity contribution in [2.24, 2.45) is 17.3 Å². The maximum atomic E-state index is 12.7. The summed E-state index contributed by atoms with van der Waals surface area (Å²) in [5.41, 5.74) is -0.0724. The molecule has 2 aliphatic carbocycles. The van der Waals surface area contributed by atoms with Gasteiger partial charge in [0.05, 0.1) is 23.7 Å². The normalized spacial score (nSPS) is 25.2. The summed E-state index contributed by atoms with van der Waals surface area (Å²) >= 11 is 7.70. The standard InChI is InChI=1S/C27H37ClO5S/c1-32-23-17-22(29)20(9-5-3-4-6-12-26(31)33-2)21(23)10-7-11-24(30)27(15-8-16-27)18-19-13-14-25(28)34-19/h3,5,7,10,13-14,20-21,23-24,30H,4,6,8-9,11-12,15-18H2,1-2H3/b5-3-,10-7+/t20?,21-,23-,24?/m1/s1. The molecule has 2 aliphatic rings. The molecule has 0 aliphatic heterocycles. The highest BCUT2D eigenvalue weighted by atomic mass is 35.5. The van der Waals surface area contributed by atoms with E-state index in [1.807, 2.05) is 18.2 Å². The van der Waals surface area contributed by atoms with Gasteiger partial charge in [0.2, 0.25) is 0 Å². The van der Waals surface area contributed by atoms with E-state index in [0.717, 1.165) is 42.9 Å². The van der Waals surface area contributed by atoms with Crippen molar-refractivity contribution in [1.82, 2.24) is 0 Å². The van der Waals surface area contributed by atoms with Gasteiger partial charge in [0.15, 0.2) is 0 Å². The number of halogens is 1. The predicted molar refractivity (Wildman–Crippen MR) is 136 cm³/mol. The number of rotatable bonds is 13. The number of ether oxygens (including phenoxy) is 2. The molecule has 2 fully saturated rings. The molecular weight excluding hydrogens is 472 g/mol. The van der Waals surface area contributed by atoms with Crippen molar-refractivity contribution in [3.8, 4) is 0 Å². The fraction of sp³-hybridized carbons (Fsp3) is 0.630. The van der Waals surface area contributed by atoms with E-state index in [4.69, 9.17) is 16.3 Å². The number of methoxy groups -OCH3 is 2. The van der Waals surface area contributed by atoms with Gasteiger partial charge < -0.3 is 14.6 Å². The van der Waals surface area contributed by atoms with Crippen LogP contribution in [0.3, 0.4) is 0 Å². The van der Waals surface area contributed by atoms with Crippen molar-refractivity contribution in [3.05, 3.63) is 45.7 Å². The third-order valence-electron chi connectivity index (χ3n) is 7.48. The Balaban J connectivity index is 1.54. The number of aliphatic hydroxyl groups excluding tert-OH is 1. The van der Waals surface area contributed by atoms with Gasteiger partial charge >= 0.3 is 5.97 Å². The van der Waals surface area contributed by atoms with E-state index in [1.54, 1.807) is 18.4 Å². The Kier molecular flexibility index (Phi) is 10.4. The first kappa shape index (κ1) is 27.1. The van der Waals surface area contributed by atoms with Crippen LogP contribution in [0.25, 0.3) is 0 Å². The molecule has 1 heterocycles. The average molecular weight is 509 g/mol. The van der Waals surface area contributed by atoms with E-state index in [1.165, 1.54) is 12.0 Å². The second kappa shape index (κ2) is 13.0. The van der Waals surface area contributed by atoms with E-state index in [9.17, 15) is 14.7 Å². The van der Waals surface area contributed by atoms with Crippen LogP contribution in [0.1, 0.15) is 62.7 Å². The smallest absolute Gasteiger partial charge is 0.305 e. The van der Waals surface area contributed by atoms with E-state index in [-0.39, 0.29) is 35.1 Å². The SMILES string of the molecule is COC(=O)CCC/C=C\CC1C(=O)C[C@@H](OC)[C@@H]1/C=C/CC(O)C1(Cc2ccc(Cl)s2)CCC1. The van der Waals surface area contributed by atoms with Crippen molar-refractivity contribution in [2.45, 2.75) is 76.4 Å². The Morgan fingerprint density at radius 1 is 1.29 bits per heavy atom. The van der Waals surface area contributed by atoms with Crippen molar-refractivity contribution in [1.29, 1.82) is 0 Å². The first-order chi connectivity index (χ1) is 16.4. The molecule has 2 unspecified atom stereocenters. The van der Waals surface area contributed by atoms with Gasteiger partial charge in [-0.3, -0.25) is 9.59 Å². The summed E-state index contributed by atoms with van der Waals surface area (Å²) in [5, 5.41) is 11.1. The van der Waals surface area contributed by atoms with Gasteiger partial charge in [-0.05, 0) is 57.1 Å². The topological polar surface area (TPSA) is 72.8 Å². The van der Waals surface area contributed by atoms with Gasteiger partial charge in [0.1, 0.15) is 5.78 Å². The van der Waals surface area contributed by atoms with Crippen molar-refractivity contribution >= 4 is 34.7 Å². The number of ketones is 1. The molecule has 0 amide bonds. The summed E-state index contributed by atoms with van der Waals surface area (Å²) in [4.78, 5) is 25.1. The number of allylic oxidation sites excluding steroid dienone is 2. The molecule has 1 N–H and O–H groups in total. The molecule has 0 bridgehead atoms. The average Bonchev–Trinajstić information content (AvgIpc) is 3.34. The summed E-state index contributed by atoms with van der Waals surface area (Å²) in [6, 6.07) is 3.99. The molecule has 0 aromatic carbocycles. The molecule has 1 aromatic rings. The number of unbranched alkanes of at least 4 members (excludes halogenated alkanes) is 1. The molecule has 0 spiro atoms. The Bertz CT molecular complexity index is 872. The Hall–Kier alpha value is -1.47. The fourth-order valence-electron chi connectivity index (χ4n) is 5.24. The van der Waals surface area contributed by atoms with Gasteiger partial charge in [-0.2, -0.15) is 0 Å². The van der Waals surface area contributed by atoms with Crippen molar-refractivity contribution < 1.29 is 24.2 Å². The number of hydrogen-bond donors (Lipinski definition) is 1. The molecule has 1 aromatic heterocycles. The number of carbonyl (C=O) groups is 2. The van der Waals surface area contributed by atoms with Crippen LogP contribution < -0.4 is 0 Å². The zero-order chi connectivity index (χ0) is 24.6. The summed E-state index contributed by atoms with van der Waals surface area (Å²) in [5.74, 6) is -0.0668. The molecule has 0 saturated heterocycles. The van der Waals surface area contributed by atoms with Crippen molar-refractivity contribution in [2.75, 3.05) is 14.2 Å². The lowest BCUT2D eigenvalue weighted by molar-refractivity contribution is -0.140. The monoisotopic (exact) mass is 508 g/mol. The minimum Gasteiger partial charge on any atom is -0.469 e. The molecule has 5 nitrogen and oxygen atoms in total. The van der Waals surface area contributed by atoms with Crippen LogP contribution in [0.15, 0.2) is 36.4 Å². The van der Waals surface area contributed by atoms with Gasteiger partial charge in [0, 0.05) is 42.1 Å². The zero-order valence-corrected chi connectivity index (χ0v) is 21.8. The predicted octanol–water partition coefficient (Wildman–Crippen LogP) is 5.93. The van der Waals surface area contributed by atoms with Crippen LogP contribution in [-0.2, 0) is 25.5 Å². The van der Waals surface area contributed by atoms with Gasteiger partial charge in [-0.15, -0.1) is 11.3 Å². The van der Waals surface area contributed by atoms with Gasteiger partial charge in [0.25, 0.3) is 0 Å². The van der Waals surface area contributed by atoms with E-state index < -0.39 is 6.10 Å². The quantitative estimate of drug-likeness (QED) is 0.203. The van der Waals surface area contributed by atoms with Crippen LogP contribution in [0.2, 0.25) is 4.34 Å². The minimum atomic E-state index is -0.412. The maximum Gasteiger partial charge on any atom is 0.305 e. The summed E-state index contributed by atoms with van der Waals surface area (Å²) in [6.45, 7) is 0. The van der Waals surface area contributed by atoms with Crippen molar-refractivity contribution in [3.63, 3.8) is 0 Å². The lowest BCUT2D eigenvalue weighted by atomic mass is 9.62. The second-order valence-corrected chi connectivity index (χ2v) is 11.4. The largest absolute Gasteiger partial charge is 0.469 e. The summed E-state index contributed by atoms with van der Waals surface area (Å²) in [6.07, 6.45) is 15.4. The van der Waals surface area contributed by atoms with E-state index >= 15 is 0 Å². The molecule has 7 heteroatoms. The highest BCUT2D eigenvalue weighted by Gasteiger charge is 2.44. The molecule has 0 radical (unpaired) electrons. The second-order valence-electron chi connectivity index (χ2n) is 9.58. The Morgan fingerprint density at radius 3 is 2.71 bits per heavy atom. The number of hydrogen-bond acceptors (Lipinski definition) is 6. The number of aliphatic hydroxyl groups is 1. The van der Waals surface area contributed by atoms with Crippen LogP contribution in [0.4, 0.5) is 0 Å². The first-order valence-corrected chi connectivity index (χ1v) is 13.4. The fourth-order valence-corrected chi connectivity index (χ4v) is 6.48. The molecule has 188 valence electrons. The lowest BCUT2D eigenvalue weighted by Crippen LogP contribution is -2.42. The lowest BCUT2D eigenvalue weighted by Gasteiger charge is -2.45. The third-order valence-corrected chi connectivity index (χ3v) is 8.71. The molecule has 2 saturated carbocycles. The molecular formula is C27H37ClO5S. The van der Waals surface area contributed by atoms with Crippen LogP contribution >= 0.6 is 22.9 Å². The molecule has 3 rings (SSSR count). The Labute approximate surface area is 212 Å². The zero-order valence-electron chi connectivity index (χ0n) is 20.2. The van der Waals surface area contributed by atoms with Crippen LogP contribution in [0.5, 0.6) is 0 Å². The first-order valence-electron chi connectivity index (χ1n) is 12.2. The number of thiophene rings is 1. The van der Waals surface area contributed by atoms with Crippen LogP contribution in [-0.4, -0.2) is 43.3 Å². The molecule has 34 heavy (non-hydrogen) atoms. The number of Topliss-reactive ketones (excluding diaryl/α,β-unsaturated/α-hetero) is 1. The Morgan fingerprint density at radius 2 is 2.09 bits per heavy atom. The molecule has 4 atom stereocenters. The van der Waals surface area contributed by atoms with Gasteiger partial charge in [-0.25, -0.2) is 0 Å². The minimum absolute atomic E-state index is 0.0119. The number of carbonyl (C=O) groups excluding carboxylic acids is 2. The highest BCUT2D eigenvalue weighted by molar-refractivity contribution is 7.16. The number of esters is 1. The van der Waals surface area contributed by atoms with E-state index in [2.05, 4.69) is 23.0 Å².